The van der Waals surface area contributed by atoms with Gasteiger partial charge in [-0.2, -0.15) is 0 Å². The highest BCUT2D eigenvalue weighted by atomic mass is 16.8. The van der Waals surface area contributed by atoms with Gasteiger partial charge in [-0.05, 0) is 13.8 Å². The molecule has 2 N–H and O–H groups in total. The van der Waals surface area contributed by atoms with E-state index in [0.29, 0.717) is 0 Å². The summed E-state index contributed by atoms with van der Waals surface area (Å²) in [6, 6.07) is 0. The number of nitrogens with one attached hydrogen (secondary N) is 2. The second-order valence-corrected chi connectivity index (χ2v) is 6.69. The highest BCUT2D eigenvalue weighted by molar-refractivity contribution is 5.69. The molecular weight excluding hydrogens is 348 g/mol. The molecule has 4 heterocycles. The van der Waals surface area contributed by atoms with Crippen molar-refractivity contribution in [2.45, 2.75) is 51.1 Å². The van der Waals surface area contributed by atoms with Crippen molar-refractivity contribution in [2.24, 2.45) is 0 Å². The molecule has 0 unspecified atom stereocenters. The second kappa shape index (κ2) is 5.76. The predicted molar refractivity (Wildman–Crippen MR) is 85.3 cm³/mol. The van der Waals surface area contributed by atoms with E-state index in [1.54, 1.807) is 13.8 Å². The van der Waals surface area contributed by atoms with Gasteiger partial charge in [0, 0.05) is 6.92 Å². The van der Waals surface area contributed by atoms with Crippen LogP contribution in [-0.2, 0) is 23.7 Å². The fraction of sp³-hybridized carbons (Fsp3) is 0.600. The van der Waals surface area contributed by atoms with Crippen molar-refractivity contribution >= 4 is 17.1 Å². The third-order valence-corrected chi connectivity index (χ3v) is 4.32. The monoisotopic (exact) mass is 366 g/mol. The summed E-state index contributed by atoms with van der Waals surface area (Å²) < 4.78 is 24.4. The molecule has 0 radical (unpaired) electrons. The molecule has 140 valence electrons. The number of hydrogen-bond acceptors (Lipinski definition) is 8. The molecule has 11 heteroatoms. The van der Waals surface area contributed by atoms with E-state index in [4.69, 9.17) is 18.9 Å². The van der Waals surface area contributed by atoms with Gasteiger partial charge in [0.25, 0.3) is 5.56 Å². The Kier molecular flexibility index (Phi) is 3.75. The molecule has 2 saturated heterocycles. The highest BCUT2D eigenvalue weighted by Gasteiger charge is 2.56. The van der Waals surface area contributed by atoms with Crippen LogP contribution in [0, 0.1) is 0 Å². The molecule has 0 aromatic carbocycles. The Balaban J connectivity index is 1.73. The molecule has 0 aliphatic carbocycles. The maximum atomic E-state index is 11.9. The molecule has 11 nitrogen and oxygen atoms in total. The molecule has 2 aromatic heterocycles. The number of hydrogen-bond donors (Lipinski definition) is 2. The van der Waals surface area contributed by atoms with Gasteiger partial charge in [-0.3, -0.25) is 24.1 Å². The average Bonchev–Trinajstić information content (AvgIpc) is 3.16. The number of aromatic nitrogens is 4. The van der Waals surface area contributed by atoms with Crippen molar-refractivity contribution in [3.8, 4) is 0 Å². The van der Waals surface area contributed by atoms with Crippen LogP contribution in [0.1, 0.15) is 27.0 Å². The topological polar surface area (TPSA) is 138 Å². The van der Waals surface area contributed by atoms with E-state index >= 15 is 0 Å². The summed E-state index contributed by atoms with van der Waals surface area (Å²) in [5, 5.41) is 0. The number of H-pyrrole nitrogens is 2. The number of rotatable bonds is 3. The maximum absolute atomic E-state index is 11.9. The van der Waals surface area contributed by atoms with Gasteiger partial charge in [-0.1, -0.05) is 0 Å². The highest BCUT2D eigenvalue weighted by Crippen LogP contribution is 2.43. The molecule has 2 aliphatic rings. The molecule has 2 aliphatic heterocycles. The lowest BCUT2D eigenvalue weighted by Crippen LogP contribution is -2.33. The minimum Gasteiger partial charge on any atom is -0.463 e. The van der Waals surface area contributed by atoms with Crippen molar-refractivity contribution in [1.82, 2.24) is 19.5 Å². The Labute approximate surface area is 146 Å². The SMILES string of the molecule is CC(=O)OC[C@H]1O[C@@H](n2cnc3c(=O)[nH]c(=O)[nH]c32)[C@@H]2OC(C)(C)O[C@@H]21. The van der Waals surface area contributed by atoms with Crippen LogP contribution in [0.3, 0.4) is 0 Å². The number of nitrogens with zero attached hydrogens (tertiary/aromatic N) is 2. The van der Waals surface area contributed by atoms with Gasteiger partial charge in [0.2, 0.25) is 0 Å². The first-order chi connectivity index (χ1) is 12.2. The molecule has 2 aromatic rings. The summed E-state index contributed by atoms with van der Waals surface area (Å²) in [5.41, 5.74) is -0.966. The van der Waals surface area contributed by atoms with Crippen molar-refractivity contribution < 1.29 is 23.7 Å². The largest absolute Gasteiger partial charge is 0.463 e. The number of fused-ring (bicyclic) bond motifs is 2. The number of aromatic amines is 2. The Morgan fingerprint density at radius 1 is 1.31 bits per heavy atom. The molecule has 4 atom stereocenters. The van der Waals surface area contributed by atoms with E-state index in [1.807, 2.05) is 0 Å². The summed E-state index contributed by atoms with van der Waals surface area (Å²) in [5.74, 6) is -1.29. The number of imidazole rings is 1. The molecule has 0 amide bonds. The van der Waals surface area contributed by atoms with Gasteiger partial charge < -0.3 is 18.9 Å². The molecule has 0 bridgehead atoms. The van der Waals surface area contributed by atoms with Crippen LogP contribution in [0.4, 0.5) is 0 Å². The number of carbonyl (C=O) groups is 1. The van der Waals surface area contributed by atoms with Crippen LogP contribution in [0.25, 0.3) is 11.2 Å². The van der Waals surface area contributed by atoms with Crippen LogP contribution in [0.5, 0.6) is 0 Å². The van der Waals surface area contributed by atoms with E-state index in [0.717, 1.165) is 0 Å². The lowest BCUT2D eigenvalue weighted by Gasteiger charge is -2.24. The first kappa shape index (κ1) is 16.9. The number of carbonyl (C=O) groups excluding carboxylic acids is 1. The van der Waals surface area contributed by atoms with E-state index < -0.39 is 47.5 Å². The van der Waals surface area contributed by atoms with Crippen molar-refractivity contribution in [2.75, 3.05) is 6.61 Å². The summed E-state index contributed by atoms with van der Waals surface area (Å²) in [4.78, 5) is 43.4. The normalized spacial score (nSPS) is 29.8. The predicted octanol–water partition coefficient (Wildman–Crippen LogP) is -0.606. The van der Waals surface area contributed by atoms with Crippen molar-refractivity contribution in [3.63, 3.8) is 0 Å². The first-order valence-electron chi connectivity index (χ1n) is 8.09. The zero-order valence-electron chi connectivity index (χ0n) is 14.3. The minimum atomic E-state index is -0.854. The Morgan fingerprint density at radius 3 is 2.77 bits per heavy atom. The van der Waals surface area contributed by atoms with Crippen molar-refractivity contribution in [1.29, 1.82) is 0 Å². The standard InChI is InChI=1S/C15H18N4O7/c1-6(20)23-4-7-9-10(26-15(2,3)25-9)13(24-7)19-5-16-8-11(19)17-14(22)18-12(8)21/h5,7,9-10,13H,4H2,1-3H3,(H2,17,18,21,22)/t7-,9-,10-,13-/m1/s1. The van der Waals surface area contributed by atoms with Gasteiger partial charge in [-0.25, -0.2) is 9.78 Å². The van der Waals surface area contributed by atoms with Gasteiger partial charge in [0.1, 0.15) is 30.6 Å². The van der Waals surface area contributed by atoms with Crippen LogP contribution in [0.15, 0.2) is 15.9 Å². The van der Waals surface area contributed by atoms with Gasteiger partial charge in [-0.15, -0.1) is 0 Å². The minimum absolute atomic E-state index is 0.00380. The summed E-state index contributed by atoms with van der Waals surface area (Å²) >= 11 is 0. The summed E-state index contributed by atoms with van der Waals surface area (Å²) in [6.07, 6.45) is -0.918. The van der Waals surface area contributed by atoms with E-state index in [2.05, 4.69) is 15.0 Å². The molecular formula is C15H18N4O7. The van der Waals surface area contributed by atoms with Crippen LogP contribution in [-0.4, -0.2) is 56.2 Å². The van der Waals surface area contributed by atoms with Crippen LogP contribution >= 0.6 is 0 Å². The number of ether oxygens (including phenoxy) is 4. The average molecular weight is 366 g/mol. The molecule has 2 fully saturated rings. The van der Waals surface area contributed by atoms with Crippen LogP contribution in [0.2, 0.25) is 0 Å². The van der Waals surface area contributed by atoms with Crippen LogP contribution < -0.4 is 11.2 Å². The lowest BCUT2D eigenvalue weighted by atomic mass is 10.1. The van der Waals surface area contributed by atoms with Gasteiger partial charge >= 0.3 is 11.7 Å². The zero-order chi connectivity index (χ0) is 18.6. The van der Waals surface area contributed by atoms with Crippen molar-refractivity contribution in [3.05, 3.63) is 27.2 Å². The summed E-state index contributed by atoms with van der Waals surface area (Å²) in [7, 11) is 0. The molecule has 0 spiro atoms. The van der Waals surface area contributed by atoms with Gasteiger partial charge in [0.15, 0.2) is 17.5 Å². The first-order valence-corrected chi connectivity index (χ1v) is 8.09. The third kappa shape index (κ3) is 2.73. The Morgan fingerprint density at radius 2 is 2.04 bits per heavy atom. The third-order valence-electron chi connectivity index (χ3n) is 4.32. The fourth-order valence-corrected chi connectivity index (χ4v) is 3.36. The number of esters is 1. The Hall–Kier alpha value is -2.50. The fourth-order valence-electron chi connectivity index (χ4n) is 3.36. The lowest BCUT2D eigenvalue weighted by molar-refractivity contribution is -0.201. The van der Waals surface area contributed by atoms with Gasteiger partial charge in [0.05, 0.1) is 6.33 Å². The van der Waals surface area contributed by atoms with E-state index in [-0.39, 0.29) is 17.8 Å². The molecule has 26 heavy (non-hydrogen) atoms. The zero-order valence-corrected chi connectivity index (χ0v) is 14.3. The van der Waals surface area contributed by atoms with E-state index in [1.165, 1.54) is 17.8 Å². The quantitative estimate of drug-likeness (QED) is 0.687. The second-order valence-electron chi connectivity index (χ2n) is 6.69. The summed E-state index contributed by atoms with van der Waals surface area (Å²) in [6.45, 7) is 4.84. The molecule has 0 saturated carbocycles. The maximum Gasteiger partial charge on any atom is 0.327 e. The Bertz CT molecular complexity index is 974. The molecule has 4 rings (SSSR count). The van der Waals surface area contributed by atoms with E-state index in [9.17, 15) is 14.4 Å². The smallest absolute Gasteiger partial charge is 0.327 e.